The lowest BCUT2D eigenvalue weighted by atomic mass is 10.2. The largest absolute Gasteiger partial charge is 0.497 e. The summed E-state index contributed by atoms with van der Waals surface area (Å²) in [6, 6.07) is 11.2. The lowest BCUT2D eigenvalue weighted by molar-refractivity contribution is -0.137. The third-order valence-electron chi connectivity index (χ3n) is 4.96. The average molecular weight is 391 g/mol. The number of methoxy groups -OCH3 is 1. The quantitative estimate of drug-likeness (QED) is 0.563. The fraction of sp³-hybridized carbons (Fsp3) is 0.381. The molecule has 0 radical (unpaired) electrons. The van der Waals surface area contributed by atoms with Crippen molar-refractivity contribution in [2.24, 2.45) is 0 Å². The number of ether oxygens (including phenoxy) is 1. The maximum absolute atomic E-state index is 13.1. The minimum Gasteiger partial charge on any atom is -0.497 e. The van der Waals surface area contributed by atoms with E-state index in [0.29, 0.717) is 29.2 Å². The monoisotopic (exact) mass is 391 g/mol. The van der Waals surface area contributed by atoms with Crippen molar-refractivity contribution in [3.05, 3.63) is 48.0 Å². The summed E-state index contributed by atoms with van der Waals surface area (Å²) in [6.45, 7) is 7.46. The Morgan fingerprint density at radius 1 is 1.04 bits per heavy atom. The number of nitrogens with zero attached hydrogens (tertiary/aromatic N) is 3. The maximum Gasteiger partial charge on any atom is 0.416 e. The SMILES string of the molecule is CCN(CC)CCn1c(-c2ccc(OC)cc2)nc2cc(C(F)(F)F)ccc21. The Morgan fingerprint density at radius 2 is 1.71 bits per heavy atom. The Kier molecular flexibility index (Phi) is 5.93. The van der Waals surface area contributed by atoms with E-state index in [1.807, 2.05) is 28.8 Å². The third-order valence-corrected chi connectivity index (χ3v) is 4.96. The molecule has 150 valence electrons. The van der Waals surface area contributed by atoms with Gasteiger partial charge in [-0.1, -0.05) is 13.8 Å². The fourth-order valence-electron chi connectivity index (χ4n) is 3.27. The number of hydrogen-bond acceptors (Lipinski definition) is 3. The second-order valence-electron chi connectivity index (χ2n) is 6.54. The second-order valence-corrected chi connectivity index (χ2v) is 6.54. The smallest absolute Gasteiger partial charge is 0.416 e. The van der Waals surface area contributed by atoms with Gasteiger partial charge >= 0.3 is 6.18 Å². The van der Waals surface area contributed by atoms with Crippen LogP contribution in [0.15, 0.2) is 42.5 Å². The van der Waals surface area contributed by atoms with Crippen molar-refractivity contribution in [1.82, 2.24) is 14.5 Å². The van der Waals surface area contributed by atoms with Crippen molar-refractivity contribution >= 4 is 11.0 Å². The molecule has 3 rings (SSSR count). The van der Waals surface area contributed by atoms with Crippen molar-refractivity contribution in [3.8, 4) is 17.1 Å². The molecule has 0 fully saturated rings. The topological polar surface area (TPSA) is 30.3 Å². The van der Waals surface area contributed by atoms with E-state index in [0.717, 1.165) is 37.3 Å². The second kappa shape index (κ2) is 8.22. The van der Waals surface area contributed by atoms with E-state index < -0.39 is 11.7 Å². The van der Waals surface area contributed by atoms with Gasteiger partial charge < -0.3 is 14.2 Å². The minimum absolute atomic E-state index is 0.347. The van der Waals surface area contributed by atoms with Gasteiger partial charge in [0.15, 0.2) is 0 Å². The van der Waals surface area contributed by atoms with Gasteiger partial charge in [0.05, 0.1) is 23.7 Å². The molecule has 0 amide bonds. The van der Waals surface area contributed by atoms with Crippen molar-refractivity contribution < 1.29 is 17.9 Å². The van der Waals surface area contributed by atoms with Crippen LogP contribution in [0.25, 0.3) is 22.4 Å². The van der Waals surface area contributed by atoms with E-state index in [-0.39, 0.29) is 0 Å². The van der Waals surface area contributed by atoms with Crippen LogP contribution in [0.3, 0.4) is 0 Å². The van der Waals surface area contributed by atoms with E-state index in [1.165, 1.54) is 6.07 Å². The number of aromatic nitrogens is 2. The molecule has 2 aromatic carbocycles. The molecule has 0 aliphatic heterocycles. The van der Waals surface area contributed by atoms with Gasteiger partial charge in [0.1, 0.15) is 11.6 Å². The van der Waals surface area contributed by atoms with Crippen LogP contribution >= 0.6 is 0 Å². The summed E-state index contributed by atoms with van der Waals surface area (Å²) >= 11 is 0. The number of rotatable bonds is 7. The predicted octanol–water partition coefficient (Wildman–Crippen LogP) is 5.07. The maximum atomic E-state index is 13.1. The first-order valence-corrected chi connectivity index (χ1v) is 9.31. The molecule has 0 saturated heterocycles. The number of fused-ring (bicyclic) bond motifs is 1. The van der Waals surface area contributed by atoms with Crippen LogP contribution in [0.4, 0.5) is 13.2 Å². The van der Waals surface area contributed by atoms with Crippen molar-refractivity contribution in [2.45, 2.75) is 26.6 Å². The van der Waals surface area contributed by atoms with Gasteiger partial charge in [0.2, 0.25) is 0 Å². The Balaban J connectivity index is 2.08. The van der Waals surface area contributed by atoms with Crippen LogP contribution in [0.5, 0.6) is 5.75 Å². The Bertz CT molecular complexity index is 928. The number of benzene rings is 2. The van der Waals surface area contributed by atoms with E-state index in [4.69, 9.17) is 4.74 Å². The van der Waals surface area contributed by atoms with Crippen LogP contribution in [0, 0.1) is 0 Å². The summed E-state index contributed by atoms with van der Waals surface area (Å²) in [5.41, 5.74) is 1.20. The summed E-state index contributed by atoms with van der Waals surface area (Å²) in [5, 5.41) is 0. The summed E-state index contributed by atoms with van der Waals surface area (Å²) in [6.07, 6.45) is -4.39. The summed E-state index contributed by atoms with van der Waals surface area (Å²) in [7, 11) is 1.59. The first kappa shape index (κ1) is 20.2. The van der Waals surface area contributed by atoms with Gasteiger partial charge in [0.25, 0.3) is 0 Å². The molecule has 0 bridgehead atoms. The van der Waals surface area contributed by atoms with E-state index in [1.54, 1.807) is 7.11 Å². The highest BCUT2D eigenvalue weighted by Gasteiger charge is 2.31. The lowest BCUT2D eigenvalue weighted by Crippen LogP contribution is -2.27. The van der Waals surface area contributed by atoms with Gasteiger partial charge in [-0.2, -0.15) is 13.2 Å². The van der Waals surface area contributed by atoms with E-state index in [2.05, 4.69) is 23.7 Å². The highest BCUT2D eigenvalue weighted by molar-refractivity contribution is 5.81. The Labute approximate surface area is 162 Å². The highest BCUT2D eigenvalue weighted by atomic mass is 19.4. The highest BCUT2D eigenvalue weighted by Crippen LogP contribution is 2.33. The zero-order chi connectivity index (χ0) is 20.3. The average Bonchev–Trinajstić information content (AvgIpc) is 3.06. The molecular formula is C21H24F3N3O. The van der Waals surface area contributed by atoms with E-state index in [9.17, 15) is 13.2 Å². The first-order valence-electron chi connectivity index (χ1n) is 9.31. The number of halogens is 3. The molecular weight excluding hydrogens is 367 g/mol. The molecule has 1 aromatic heterocycles. The van der Waals surface area contributed by atoms with Crippen LogP contribution in [0.2, 0.25) is 0 Å². The summed E-state index contributed by atoms with van der Waals surface area (Å²) < 4.78 is 46.6. The van der Waals surface area contributed by atoms with Crippen LogP contribution in [-0.4, -0.2) is 41.2 Å². The third kappa shape index (κ3) is 4.14. The van der Waals surface area contributed by atoms with E-state index >= 15 is 0 Å². The number of likely N-dealkylation sites (N-methyl/N-ethyl adjacent to an activating group) is 1. The molecule has 1 heterocycles. The summed E-state index contributed by atoms with van der Waals surface area (Å²) in [4.78, 5) is 6.82. The molecule has 4 nitrogen and oxygen atoms in total. The lowest BCUT2D eigenvalue weighted by Gasteiger charge is -2.19. The minimum atomic E-state index is -4.39. The van der Waals surface area contributed by atoms with Crippen molar-refractivity contribution in [2.75, 3.05) is 26.7 Å². The van der Waals surface area contributed by atoms with Crippen LogP contribution < -0.4 is 4.74 Å². The predicted molar refractivity (Wildman–Crippen MR) is 105 cm³/mol. The number of alkyl halides is 3. The normalized spacial score (nSPS) is 12.1. The van der Waals surface area contributed by atoms with Crippen molar-refractivity contribution in [1.29, 1.82) is 0 Å². The van der Waals surface area contributed by atoms with Gasteiger partial charge in [-0.15, -0.1) is 0 Å². The van der Waals surface area contributed by atoms with Crippen LogP contribution in [0.1, 0.15) is 19.4 Å². The van der Waals surface area contributed by atoms with Gasteiger partial charge in [0, 0.05) is 18.7 Å². The Hall–Kier alpha value is -2.54. The summed E-state index contributed by atoms with van der Waals surface area (Å²) in [5.74, 6) is 1.37. The van der Waals surface area contributed by atoms with Gasteiger partial charge in [-0.3, -0.25) is 0 Å². The number of imidazole rings is 1. The molecule has 0 saturated carbocycles. The van der Waals surface area contributed by atoms with Crippen molar-refractivity contribution in [3.63, 3.8) is 0 Å². The molecule has 3 aromatic rings. The Morgan fingerprint density at radius 3 is 2.29 bits per heavy atom. The first-order chi connectivity index (χ1) is 13.4. The van der Waals surface area contributed by atoms with Crippen LogP contribution in [-0.2, 0) is 12.7 Å². The molecule has 7 heteroatoms. The van der Waals surface area contributed by atoms with Gasteiger partial charge in [-0.05, 0) is 55.6 Å². The molecule has 0 atom stereocenters. The molecule has 0 aliphatic carbocycles. The zero-order valence-electron chi connectivity index (χ0n) is 16.3. The molecule has 0 spiro atoms. The number of hydrogen-bond donors (Lipinski definition) is 0. The zero-order valence-corrected chi connectivity index (χ0v) is 16.3. The molecule has 0 N–H and O–H groups in total. The fourth-order valence-corrected chi connectivity index (χ4v) is 3.27. The molecule has 0 aliphatic rings. The standard InChI is InChI=1S/C21H24F3N3O/c1-4-26(5-2)12-13-27-19-11-8-16(21(22,23)24)14-18(19)25-20(27)15-6-9-17(28-3)10-7-15/h6-11,14H,4-5,12-13H2,1-3H3. The van der Waals surface area contributed by atoms with Gasteiger partial charge in [-0.25, -0.2) is 4.98 Å². The molecule has 0 unspecified atom stereocenters. The molecule has 28 heavy (non-hydrogen) atoms.